The number of anilines is 1. The molecule has 4 rings (SSSR count). The van der Waals surface area contributed by atoms with Crippen LogP contribution in [0.5, 0.6) is 5.88 Å². The van der Waals surface area contributed by atoms with Crippen molar-refractivity contribution in [2.24, 2.45) is 0 Å². The van der Waals surface area contributed by atoms with E-state index in [1.165, 1.54) is 19.2 Å². The van der Waals surface area contributed by atoms with Crippen LogP contribution in [0.2, 0.25) is 5.15 Å². The lowest BCUT2D eigenvalue weighted by Crippen LogP contribution is -2.02. The van der Waals surface area contributed by atoms with E-state index >= 15 is 0 Å². The lowest BCUT2D eigenvalue weighted by molar-refractivity contribution is 0.398. The largest absolute Gasteiger partial charge is 0.481 e. The lowest BCUT2D eigenvalue weighted by Gasteiger charge is -2.09. The maximum absolute atomic E-state index is 13.7. The van der Waals surface area contributed by atoms with Crippen molar-refractivity contribution in [2.45, 2.75) is 0 Å². The minimum Gasteiger partial charge on any atom is -0.481 e. The summed E-state index contributed by atoms with van der Waals surface area (Å²) in [6, 6.07) is 9.55. The second-order valence-corrected chi connectivity index (χ2v) is 5.74. The molecule has 0 radical (unpaired) electrons. The number of methoxy groups -OCH3 is 1. The first kappa shape index (κ1) is 16.2. The number of pyridine rings is 1. The molecule has 0 atom stereocenters. The van der Waals surface area contributed by atoms with Crippen LogP contribution in [0.4, 0.5) is 10.3 Å². The Bertz CT molecular complexity index is 1110. The second-order valence-electron chi connectivity index (χ2n) is 5.38. The number of imidazole rings is 1. The zero-order valence-corrected chi connectivity index (χ0v) is 14.3. The fourth-order valence-corrected chi connectivity index (χ4v) is 2.85. The Morgan fingerprint density at radius 3 is 2.69 bits per heavy atom. The molecule has 0 saturated carbocycles. The maximum Gasteiger partial charge on any atom is 0.223 e. The van der Waals surface area contributed by atoms with Crippen molar-refractivity contribution in [3.05, 3.63) is 53.6 Å². The molecule has 0 aliphatic heterocycles. The lowest BCUT2D eigenvalue weighted by atomic mass is 10.2. The van der Waals surface area contributed by atoms with Gasteiger partial charge in [-0.2, -0.15) is 9.97 Å². The SMILES string of the molecule is COc1ccc(-n2c(-c3cccc(F)c3)nc3c(Cl)nc(N)nc32)cn1. The number of fused-ring (bicyclic) bond motifs is 1. The van der Waals surface area contributed by atoms with Crippen molar-refractivity contribution < 1.29 is 9.13 Å². The summed E-state index contributed by atoms with van der Waals surface area (Å²) in [5.41, 5.74) is 7.69. The zero-order chi connectivity index (χ0) is 18.3. The van der Waals surface area contributed by atoms with Gasteiger partial charge in [0.2, 0.25) is 11.8 Å². The third-order valence-electron chi connectivity index (χ3n) is 3.75. The molecule has 9 heteroatoms. The van der Waals surface area contributed by atoms with Crippen LogP contribution in [0.25, 0.3) is 28.2 Å². The maximum atomic E-state index is 13.7. The molecule has 0 saturated heterocycles. The van der Waals surface area contributed by atoms with Crippen LogP contribution in [-0.4, -0.2) is 31.6 Å². The highest BCUT2D eigenvalue weighted by Gasteiger charge is 2.19. The number of ether oxygens (including phenoxy) is 1. The van der Waals surface area contributed by atoms with Crippen LogP contribution in [0, 0.1) is 5.82 Å². The predicted octanol–water partition coefficient (Wildman–Crippen LogP) is 3.26. The van der Waals surface area contributed by atoms with Crippen molar-refractivity contribution >= 4 is 28.7 Å². The van der Waals surface area contributed by atoms with E-state index in [4.69, 9.17) is 22.1 Å². The van der Waals surface area contributed by atoms with Gasteiger partial charge in [0.05, 0.1) is 19.0 Å². The van der Waals surface area contributed by atoms with Crippen molar-refractivity contribution in [2.75, 3.05) is 12.8 Å². The van der Waals surface area contributed by atoms with E-state index < -0.39 is 0 Å². The number of hydrogen-bond acceptors (Lipinski definition) is 6. The molecule has 0 bridgehead atoms. The topological polar surface area (TPSA) is 91.7 Å². The molecule has 130 valence electrons. The molecular formula is C17H12ClFN6O. The molecule has 0 amide bonds. The van der Waals surface area contributed by atoms with Gasteiger partial charge < -0.3 is 10.5 Å². The summed E-state index contributed by atoms with van der Waals surface area (Å²) in [7, 11) is 1.53. The van der Waals surface area contributed by atoms with Crippen LogP contribution in [-0.2, 0) is 0 Å². The quantitative estimate of drug-likeness (QED) is 0.556. The molecule has 7 nitrogen and oxygen atoms in total. The van der Waals surface area contributed by atoms with Crippen LogP contribution in [0.1, 0.15) is 0 Å². The monoisotopic (exact) mass is 370 g/mol. The van der Waals surface area contributed by atoms with Gasteiger partial charge in [-0.3, -0.25) is 4.57 Å². The van der Waals surface area contributed by atoms with Gasteiger partial charge in [-0.05, 0) is 18.2 Å². The number of aromatic nitrogens is 5. The molecule has 26 heavy (non-hydrogen) atoms. The van der Waals surface area contributed by atoms with Gasteiger partial charge in [-0.15, -0.1) is 0 Å². The van der Waals surface area contributed by atoms with Gasteiger partial charge >= 0.3 is 0 Å². The van der Waals surface area contributed by atoms with Crippen molar-refractivity contribution in [3.8, 4) is 23.0 Å². The first-order valence-electron chi connectivity index (χ1n) is 7.54. The molecular weight excluding hydrogens is 359 g/mol. The Morgan fingerprint density at radius 2 is 2.00 bits per heavy atom. The van der Waals surface area contributed by atoms with Crippen LogP contribution in [0.15, 0.2) is 42.6 Å². The molecule has 4 aromatic rings. The van der Waals surface area contributed by atoms with E-state index in [-0.39, 0.29) is 16.9 Å². The fourth-order valence-electron chi connectivity index (χ4n) is 2.63. The number of rotatable bonds is 3. The van der Waals surface area contributed by atoms with Crippen LogP contribution in [0.3, 0.4) is 0 Å². The van der Waals surface area contributed by atoms with Crippen molar-refractivity contribution in [1.29, 1.82) is 0 Å². The first-order valence-corrected chi connectivity index (χ1v) is 7.92. The minimum atomic E-state index is -0.384. The van der Waals surface area contributed by atoms with E-state index in [0.29, 0.717) is 34.1 Å². The number of nitrogen functional groups attached to an aromatic ring is 1. The highest BCUT2D eigenvalue weighted by Crippen LogP contribution is 2.31. The second kappa shape index (κ2) is 6.23. The number of nitrogens with two attached hydrogens (primary N) is 1. The molecule has 2 N–H and O–H groups in total. The third kappa shape index (κ3) is 2.70. The molecule has 0 unspecified atom stereocenters. The standard InChI is InChI=1S/C17H12ClFN6O/c1-26-12-6-5-11(8-21-12)25-15(9-3-2-4-10(19)7-9)22-13-14(18)23-17(20)24-16(13)25/h2-8H,1H3,(H2,20,23,24). The third-order valence-corrected chi connectivity index (χ3v) is 4.02. The number of nitrogens with zero attached hydrogens (tertiary/aromatic N) is 5. The van der Waals surface area contributed by atoms with E-state index in [2.05, 4.69) is 19.9 Å². The first-order chi connectivity index (χ1) is 12.6. The Labute approximate surface area is 152 Å². The summed E-state index contributed by atoms with van der Waals surface area (Å²) < 4.78 is 20.5. The number of halogens is 2. The normalized spacial score (nSPS) is 11.0. The Balaban J connectivity index is 2.05. The summed E-state index contributed by atoms with van der Waals surface area (Å²) >= 11 is 6.18. The van der Waals surface area contributed by atoms with Gasteiger partial charge in [0.25, 0.3) is 0 Å². The Hall–Kier alpha value is -3.26. The fraction of sp³-hybridized carbons (Fsp3) is 0.0588. The zero-order valence-electron chi connectivity index (χ0n) is 13.5. The molecule has 0 aliphatic rings. The summed E-state index contributed by atoms with van der Waals surface area (Å²) in [6.07, 6.45) is 1.59. The van der Waals surface area contributed by atoms with E-state index in [9.17, 15) is 4.39 Å². The number of hydrogen-bond donors (Lipinski definition) is 1. The van der Waals surface area contributed by atoms with E-state index in [1.807, 2.05) is 0 Å². The van der Waals surface area contributed by atoms with Gasteiger partial charge in [-0.1, -0.05) is 23.7 Å². The van der Waals surface area contributed by atoms with Gasteiger partial charge in [0.15, 0.2) is 10.8 Å². The Kier molecular flexibility index (Phi) is 3.89. The highest BCUT2D eigenvalue weighted by molar-refractivity contribution is 6.33. The van der Waals surface area contributed by atoms with Crippen LogP contribution >= 0.6 is 11.6 Å². The smallest absolute Gasteiger partial charge is 0.223 e. The molecule has 3 heterocycles. The summed E-state index contributed by atoms with van der Waals surface area (Å²) in [4.78, 5) is 16.9. The van der Waals surface area contributed by atoms with E-state index in [1.54, 1.807) is 35.0 Å². The average molecular weight is 371 g/mol. The van der Waals surface area contributed by atoms with E-state index in [0.717, 1.165) is 0 Å². The average Bonchev–Trinajstić information content (AvgIpc) is 3.01. The summed E-state index contributed by atoms with van der Waals surface area (Å²) in [5.74, 6) is 0.521. The molecule has 0 spiro atoms. The highest BCUT2D eigenvalue weighted by atomic mass is 35.5. The van der Waals surface area contributed by atoms with Crippen molar-refractivity contribution in [1.82, 2.24) is 24.5 Å². The molecule has 3 aromatic heterocycles. The molecule has 0 fully saturated rings. The summed E-state index contributed by atoms with van der Waals surface area (Å²) in [6.45, 7) is 0. The summed E-state index contributed by atoms with van der Waals surface area (Å²) in [5, 5.41) is 0.116. The Morgan fingerprint density at radius 1 is 1.15 bits per heavy atom. The van der Waals surface area contributed by atoms with Gasteiger partial charge in [0.1, 0.15) is 17.2 Å². The molecule has 1 aromatic carbocycles. The number of benzene rings is 1. The van der Waals surface area contributed by atoms with Crippen molar-refractivity contribution in [3.63, 3.8) is 0 Å². The molecule has 0 aliphatic carbocycles. The van der Waals surface area contributed by atoms with Gasteiger partial charge in [-0.25, -0.2) is 14.4 Å². The minimum absolute atomic E-state index is 0.0101. The van der Waals surface area contributed by atoms with Crippen LogP contribution < -0.4 is 10.5 Å². The van der Waals surface area contributed by atoms with Gasteiger partial charge in [0, 0.05) is 11.6 Å². The predicted molar refractivity (Wildman–Crippen MR) is 95.8 cm³/mol.